The first-order chi connectivity index (χ1) is 13.0. The highest BCUT2D eigenvalue weighted by molar-refractivity contribution is 5.67. The normalized spacial score (nSPS) is 11.7. The van der Waals surface area contributed by atoms with Crippen LogP contribution in [0.5, 0.6) is 5.75 Å². The zero-order valence-electron chi connectivity index (χ0n) is 16.5. The van der Waals surface area contributed by atoms with Gasteiger partial charge in [0.1, 0.15) is 17.4 Å². The average Bonchev–Trinajstić information content (AvgIpc) is 2.67. The molecule has 1 aromatic heterocycles. The van der Waals surface area contributed by atoms with Crippen LogP contribution < -0.4 is 15.0 Å². The van der Waals surface area contributed by atoms with E-state index < -0.39 is 0 Å². The van der Waals surface area contributed by atoms with E-state index in [1.165, 1.54) is 0 Å². The molecule has 140 valence electrons. The molecule has 0 aliphatic heterocycles. The SMILES string of the molecule is COc1cccc(C(C)Nc2cc(-c3cccc(N(C)C)c3)nc(C)n2)c1. The summed E-state index contributed by atoms with van der Waals surface area (Å²) in [5.41, 5.74) is 4.26. The Morgan fingerprint density at radius 2 is 1.78 bits per heavy atom. The Kier molecular flexibility index (Phi) is 5.60. The van der Waals surface area contributed by atoms with E-state index in [0.717, 1.165) is 39.9 Å². The van der Waals surface area contributed by atoms with Crippen molar-refractivity contribution >= 4 is 11.5 Å². The molecule has 5 heteroatoms. The van der Waals surface area contributed by atoms with Gasteiger partial charge in [-0.15, -0.1) is 0 Å². The summed E-state index contributed by atoms with van der Waals surface area (Å²) >= 11 is 0. The number of benzene rings is 2. The monoisotopic (exact) mass is 362 g/mol. The molecule has 1 heterocycles. The molecule has 3 rings (SSSR count). The summed E-state index contributed by atoms with van der Waals surface area (Å²) < 4.78 is 5.32. The van der Waals surface area contributed by atoms with Gasteiger partial charge in [-0.2, -0.15) is 0 Å². The van der Waals surface area contributed by atoms with Gasteiger partial charge < -0.3 is 15.0 Å². The van der Waals surface area contributed by atoms with Gasteiger partial charge >= 0.3 is 0 Å². The third kappa shape index (κ3) is 4.56. The number of nitrogens with zero attached hydrogens (tertiary/aromatic N) is 3. The van der Waals surface area contributed by atoms with Crippen molar-refractivity contribution in [2.24, 2.45) is 0 Å². The molecule has 2 aromatic carbocycles. The molecule has 27 heavy (non-hydrogen) atoms. The first-order valence-electron chi connectivity index (χ1n) is 9.00. The first kappa shape index (κ1) is 18.7. The predicted molar refractivity (Wildman–Crippen MR) is 112 cm³/mol. The highest BCUT2D eigenvalue weighted by Crippen LogP contribution is 2.26. The number of rotatable bonds is 6. The Balaban J connectivity index is 1.88. The van der Waals surface area contributed by atoms with Gasteiger partial charge in [0, 0.05) is 31.4 Å². The summed E-state index contributed by atoms with van der Waals surface area (Å²) in [5.74, 6) is 2.40. The van der Waals surface area contributed by atoms with Crippen molar-refractivity contribution < 1.29 is 4.74 Å². The number of ether oxygens (including phenoxy) is 1. The zero-order chi connectivity index (χ0) is 19.4. The van der Waals surface area contributed by atoms with Gasteiger partial charge in [0.25, 0.3) is 0 Å². The number of aromatic nitrogens is 2. The summed E-state index contributed by atoms with van der Waals surface area (Å²) in [4.78, 5) is 11.3. The van der Waals surface area contributed by atoms with E-state index in [1.54, 1.807) is 7.11 Å². The molecule has 0 spiro atoms. The maximum Gasteiger partial charge on any atom is 0.130 e. The highest BCUT2D eigenvalue weighted by Gasteiger charge is 2.10. The fourth-order valence-electron chi connectivity index (χ4n) is 2.95. The van der Waals surface area contributed by atoms with Crippen LogP contribution in [0, 0.1) is 6.92 Å². The van der Waals surface area contributed by atoms with Crippen LogP contribution >= 0.6 is 0 Å². The van der Waals surface area contributed by atoms with Crippen molar-refractivity contribution in [2.45, 2.75) is 19.9 Å². The molecule has 0 fully saturated rings. The maximum atomic E-state index is 5.32. The Morgan fingerprint density at radius 1 is 1.00 bits per heavy atom. The van der Waals surface area contributed by atoms with Crippen molar-refractivity contribution in [1.82, 2.24) is 9.97 Å². The number of hydrogen-bond donors (Lipinski definition) is 1. The van der Waals surface area contributed by atoms with E-state index in [0.29, 0.717) is 0 Å². The standard InChI is InChI=1S/C22H26N4O/c1-15(17-8-7-11-20(13-17)27-5)23-22-14-21(24-16(2)25-22)18-9-6-10-19(12-18)26(3)4/h6-15H,1-5H3,(H,23,24,25). The lowest BCUT2D eigenvalue weighted by atomic mass is 10.1. The first-order valence-corrected chi connectivity index (χ1v) is 9.00. The molecule has 0 aliphatic rings. The van der Waals surface area contributed by atoms with Crippen LogP contribution in [-0.2, 0) is 0 Å². The minimum absolute atomic E-state index is 0.0929. The van der Waals surface area contributed by atoms with Crippen LogP contribution in [0.1, 0.15) is 24.4 Å². The third-order valence-corrected chi connectivity index (χ3v) is 4.45. The zero-order valence-corrected chi connectivity index (χ0v) is 16.5. The van der Waals surface area contributed by atoms with Gasteiger partial charge in [-0.25, -0.2) is 9.97 Å². The molecule has 5 nitrogen and oxygen atoms in total. The Hall–Kier alpha value is -3.08. The van der Waals surface area contributed by atoms with E-state index in [-0.39, 0.29) is 6.04 Å². The molecule has 0 bridgehead atoms. The second-order valence-corrected chi connectivity index (χ2v) is 6.77. The lowest BCUT2D eigenvalue weighted by molar-refractivity contribution is 0.414. The Labute approximate surface area is 161 Å². The molecular formula is C22H26N4O. The van der Waals surface area contributed by atoms with Gasteiger partial charge in [-0.05, 0) is 43.7 Å². The van der Waals surface area contributed by atoms with Crippen molar-refractivity contribution in [3.8, 4) is 17.0 Å². The molecule has 0 saturated heterocycles. The molecule has 0 radical (unpaired) electrons. The quantitative estimate of drug-likeness (QED) is 0.689. The van der Waals surface area contributed by atoms with E-state index in [4.69, 9.17) is 4.74 Å². The van der Waals surface area contributed by atoms with E-state index in [2.05, 4.69) is 51.4 Å². The molecule has 3 aromatic rings. The van der Waals surface area contributed by atoms with Gasteiger partial charge in [0.15, 0.2) is 0 Å². The Bertz CT molecular complexity index is 924. The summed E-state index contributed by atoms with van der Waals surface area (Å²) in [6.45, 7) is 4.03. The number of anilines is 2. The topological polar surface area (TPSA) is 50.3 Å². The molecule has 1 N–H and O–H groups in total. The van der Waals surface area contributed by atoms with Gasteiger partial charge in [-0.1, -0.05) is 24.3 Å². The largest absolute Gasteiger partial charge is 0.497 e. The summed E-state index contributed by atoms with van der Waals surface area (Å²) in [7, 11) is 5.75. The fraction of sp³-hybridized carbons (Fsp3) is 0.273. The van der Waals surface area contributed by atoms with E-state index in [9.17, 15) is 0 Å². The van der Waals surface area contributed by atoms with Gasteiger partial charge in [0.05, 0.1) is 18.8 Å². The minimum Gasteiger partial charge on any atom is -0.497 e. The third-order valence-electron chi connectivity index (χ3n) is 4.45. The fourth-order valence-corrected chi connectivity index (χ4v) is 2.95. The van der Waals surface area contributed by atoms with Crippen LogP contribution in [0.3, 0.4) is 0 Å². The summed E-state index contributed by atoms with van der Waals surface area (Å²) in [6, 6.07) is 18.5. The molecule has 1 atom stereocenters. The number of hydrogen-bond acceptors (Lipinski definition) is 5. The van der Waals surface area contributed by atoms with Gasteiger partial charge in [0.2, 0.25) is 0 Å². The lowest BCUT2D eigenvalue weighted by Gasteiger charge is -2.17. The smallest absolute Gasteiger partial charge is 0.130 e. The summed E-state index contributed by atoms with van der Waals surface area (Å²) in [6.07, 6.45) is 0. The van der Waals surface area contributed by atoms with Crippen molar-refractivity contribution in [3.63, 3.8) is 0 Å². The molecule has 0 amide bonds. The number of nitrogens with one attached hydrogen (secondary N) is 1. The lowest BCUT2D eigenvalue weighted by Crippen LogP contribution is -2.10. The second kappa shape index (κ2) is 8.08. The minimum atomic E-state index is 0.0929. The van der Waals surface area contributed by atoms with E-state index >= 15 is 0 Å². The van der Waals surface area contributed by atoms with Gasteiger partial charge in [-0.3, -0.25) is 0 Å². The second-order valence-electron chi connectivity index (χ2n) is 6.77. The van der Waals surface area contributed by atoms with Crippen LogP contribution in [0.15, 0.2) is 54.6 Å². The predicted octanol–water partition coefficient (Wildman–Crippen LogP) is 4.70. The van der Waals surface area contributed by atoms with Crippen LogP contribution in [0.25, 0.3) is 11.3 Å². The molecule has 0 aliphatic carbocycles. The van der Waals surface area contributed by atoms with Crippen LogP contribution in [0.4, 0.5) is 11.5 Å². The maximum absolute atomic E-state index is 5.32. The molecular weight excluding hydrogens is 336 g/mol. The van der Waals surface area contributed by atoms with Crippen molar-refractivity contribution in [3.05, 3.63) is 66.0 Å². The number of methoxy groups -OCH3 is 1. The van der Waals surface area contributed by atoms with Crippen LogP contribution in [0.2, 0.25) is 0 Å². The van der Waals surface area contributed by atoms with E-state index in [1.807, 2.05) is 51.4 Å². The molecule has 1 unspecified atom stereocenters. The summed E-state index contributed by atoms with van der Waals surface area (Å²) in [5, 5.41) is 3.48. The van der Waals surface area contributed by atoms with Crippen molar-refractivity contribution in [1.29, 1.82) is 0 Å². The number of aryl methyl sites for hydroxylation is 1. The molecule has 0 saturated carbocycles. The van der Waals surface area contributed by atoms with Crippen molar-refractivity contribution in [2.75, 3.05) is 31.4 Å². The average molecular weight is 362 g/mol. The van der Waals surface area contributed by atoms with Crippen LogP contribution in [-0.4, -0.2) is 31.2 Å². The Morgan fingerprint density at radius 3 is 2.52 bits per heavy atom. The highest BCUT2D eigenvalue weighted by atomic mass is 16.5.